The maximum atomic E-state index is 11.9. The zero-order valence-electron chi connectivity index (χ0n) is 10.2. The summed E-state index contributed by atoms with van der Waals surface area (Å²) in [6.45, 7) is 0.719. The number of phenolic OH excluding ortho intramolecular Hbond substituents is 1. The van der Waals surface area contributed by atoms with Gasteiger partial charge in [0, 0.05) is 16.9 Å². The molecule has 1 fully saturated rings. The van der Waals surface area contributed by atoms with E-state index in [1.807, 2.05) is 0 Å². The Morgan fingerprint density at radius 2 is 2.28 bits per heavy atom. The molecule has 1 aliphatic carbocycles. The summed E-state index contributed by atoms with van der Waals surface area (Å²) in [4.78, 5) is 12.5. The van der Waals surface area contributed by atoms with Gasteiger partial charge in [-0.3, -0.25) is 4.79 Å². The van der Waals surface area contributed by atoms with Gasteiger partial charge in [-0.05, 0) is 43.4 Å². The van der Waals surface area contributed by atoms with Gasteiger partial charge in [-0.15, -0.1) is 0 Å². The lowest BCUT2D eigenvalue weighted by Crippen LogP contribution is -2.31. The number of halogens is 1. The van der Waals surface area contributed by atoms with Crippen LogP contribution in [0.15, 0.2) is 24.3 Å². The predicted molar refractivity (Wildman–Crippen MR) is 75.1 cm³/mol. The molecular formula is C14H18BrNO2. The molecule has 98 valence electrons. The van der Waals surface area contributed by atoms with Crippen LogP contribution in [0, 0.1) is 5.92 Å². The highest BCUT2D eigenvalue weighted by atomic mass is 79.9. The fourth-order valence-electron chi connectivity index (χ4n) is 2.40. The third-order valence-corrected chi connectivity index (χ3v) is 4.21. The van der Waals surface area contributed by atoms with Crippen molar-refractivity contribution in [2.45, 2.75) is 30.5 Å². The normalized spacial score (nSPS) is 23.6. The van der Waals surface area contributed by atoms with Crippen LogP contribution in [0.5, 0.6) is 5.75 Å². The molecule has 0 spiro atoms. The van der Waals surface area contributed by atoms with E-state index in [4.69, 9.17) is 0 Å². The summed E-state index contributed by atoms with van der Waals surface area (Å²) in [5.74, 6) is 0.577. The topological polar surface area (TPSA) is 49.3 Å². The van der Waals surface area contributed by atoms with Crippen molar-refractivity contribution < 1.29 is 9.90 Å². The second-order valence-corrected chi connectivity index (χ2v) is 6.19. The van der Waals surface area contributed by atoms with Gasteiger partial charge in [-0.2, -0.15) is 0 Å². The minimum atomic E-state index is -0.109. The standard InChI is InChI=1S/C14H18BrNO2/c15-12-5-1-3-10(7-12)9-16-14(18)11-4-2-6-13(17)8-11/h2,4,6,8,10,12,17H,1,3,5,7,9H2,(H,16,18). The predicted octanol–water partition coefficient (Wildman–Crippen LogP) is 3.08. The van der Waals surface area contributed by atoms with Crippen molar-refractivity contribution in [3.63, 3.8) is 0 Å². The van der Waals surface area contributed by atoms with Crippen LogP contribution in [0.4, 0.5) is 0 Å². The average molecular weight is 312 g/mol. The first-order chi connectivity index (χ1) is 8.65. The van der Waals surface area contributed by atoms with Crippen molar-refractivity contribution in [1.29, 1.82) is 0 Å². The number of alkyl halides is 1. The smallest absolute Gasteiger partial charge is 0.251 e. The van der Waals surface area contributed by atoms with E-state index in [9.17, 15) is 9.90 Å². The molecule has 0 heterocycles. The van der Waals surface area contributed by atoms with Crippen molar-refractivity contribution >= 4 is 21.8 Å². The molecule has 0 radical (unpaired) electrons. The summed E-state index contributed by atoms with van der Waals surface area (Å²) >= 11 is 3.64. The number of rotatable bonds is 3. The van der Waals surface area contributed by atoms with Crippen LogP contribution in [0.1, 0.15) is 36.0 Å². The summed E-state index contributed by atoms with van der Waals surface area (Å²) in [6.07, 6.45) is 4.77. The highest BCUT2D eigenvalue weighted by molar-refractivity contribution is 9.09. The summed E-state index contributed by atoms with van der Waals surface area (Å²) < 4.78 is 0. The first-order valence-corrected chi connectivity index (χ1v) is 7.28. The summed E-state index contributed by atoms with van der Waals surface area (Å²) in [5, 5.41) is 12.3. The largest absolute Gasteiger partial charge is 0.508 e. The van der Waals surface area contributed by atoms with Crippen molar-refractivity contribution in [2.24, 2.45) is 5.92 Å². The Balaban J connectivity index is 1.84. The van der Waals surface area contributed by atoms with Crippen LogP contribution >= 0.6 is 15.9 Å². The first-order valence-electron chi connectivity index (χ1n) is 6.36. The number of hydrogen-bond donors (Lipinski definition) is 2. The number of amides is 1. The maximum absolute atomic E-state index is 11.9. The minimum absolute atomic E-state index is 0.109. The van der Waals surface area contributed by atoms with Gasteiger partial charge in [0.1, 0.15) is 5.75 Å². The lowest BCUT2D eigenvalue weighted by Gasteiger charge is -2.25. The maximum Gasteiger partial charge on any atom is 0.251 e. The average Bonchev–Trinajstić information content (AvgIpc) is 2.36. The van der Waals surface area contributed by atoms with E-state index in [-0.39, 0.29) is 11.7 Å². The molecule has 0 aromatic heterocycles. The van der Waals surface area contributed by atoms with Gasteiger partial charge in [0.15, 0.2) is 0 Å². The van der Waals surface area contributed by atoms with Crippen LogP contribution in [0.3, 0.4) is 0 Å². The molecule has 4 heteroatoms. The molecule has 2 N–H and O–H groups in total. The molecule has 2 atom stereocenters. The Kier molecular flexibility index (Phi) is 4.64. The van der Waals surface area contributed by atoms with Gasteiger partial charge >= 0.3 is 0 Å². The SMILES string of the molecule is O=C(NCC1CCCC(Br)C1)c1cccc(O)c1. The number of phenols is 1. The molecule has 2 rings (SSSR count). The van der Waals surface area contributed by atoms with Crippen LogP contribution in [0.2, 0.25) is 0 Å². The lowest BCUT2D eigenvalue weighted by atomic mass is 9.89. The Labute approximate surface area is 116 Å². The molecule has 1 aliphatic rings. The highest BCUT2D eigenvalue weighted by Gasteiger charge is 2.20. The third-order valence-electron chi connectivity index (χ3n) is 3.38. The van der Waals surface area contributed by atoms with E-state index in [2.05, 4.69) is 21.2 Å². The van der Waals surface area contributed by atoms with E-state index in [0.29, 0.717) is 16.3 Å². The zero-order valence-corrected chi connectivity index (χ0v) is 11.8. The van der Waals surface area contributed by atoms with Crippen LogP contribution < -0.4 is 5.32 Å². The Morgan fingerprint density at radius 3 is 3.00 bits per heavy atom. The van der Waals surface area contributed by atoms with Crippen LogP contribution in [0.25, 0.3) is 0 Å². The molecule has 0 saturated heterocycles. The molecule has 18 heavy (non-hydrogen) atoms. The molecule has 1 aromatic rings. The van der Waals surface area contributed by atoms with Crippen molar-refractivity contribution in [1.82, 2.24) is 5.32 Å². The first kappa shape index (κ1) is 13.4. The zero-order chi connectivity index (χ0) is 13.0. The second-order valence-electron chi connectivity index (χ2n) is 4.89. The van der Waals surface area contributed by atoms with Gasteiger partial charge in [0.2, 0.25) is 0 Å². The molecule has 0 bridgehead atoms. The van der Waals surface area contributed by atoms with E-state index in [1.54, 1.807) is 18.2 Å². The summed E-state index contributed by atoms with van der Waals surface area (Å²) in [5.41, 5.74) is 0.515. The fraction of sp³-hybridized carbons (Fsp3) is 0.500. The lowest BCUT2D eigenvalue weighted by molar-refractivity contribution is 0.0943. The molecule has 0 aliphatic heterocycles. The van der Waals surface area contributed by atoms with Gasteiger partial charge in [0.05, 0.1) is 0 Å². The number of hydrogen-bond acceptors (Lipinski definition) is 2. The Morgan fingerprint density at radius 1 is 1.44 bits per heavy atom. The van der Waals surface area contributed by atoms with Crippen LogP contribution in [-0.4, -0.2) is 22.4 Å². The van der Waals surface area contributed by atoms with E-state index < -0.39 is 0 Å². The number of carbonyl (C=O) groups is 1. The van der Waals surface area contributed by atoms with Crippen LogP contribution in [-0.2, 0) is 0 Å². The Bertz CT molecular complexity index is 422. The van der Waals surface area contributed by atoms with Gasteiger partial charge in [-0.1, -0.05) is 28.4 Å². The molecular weight excluding hydrogens is 294 g/mol. The minimum Gasteiger partial charge on any atom is -0.508 e. The molecule has 1 saturated carbocycles. The molecule has 1 aromatic carbocycles. The number of benzene rings is 1. The van der Waals surface area contributed by atoms with Crippen molar-refractivity contribution in [3.8, 4) is 5.75 Å². The second kappa shape index (κ2) is 6.23. The molecule has 1 amide bonds. The number of aromatic hydroxyl groups is 1. The van der Waals surface area contributed by atoms with Crippen molar-refractivity contribution in [3.05, 3.63) is 29.8 Å². The van der Waals surface area contributed by atoms with E-state index in [0.717, 1.165) is 13.0 Å². The quantitative estimate of drug-likeness (QED) is 0.843. The monoisotopic (exact) mass is 311 g/mol. The number of nitrogens with one attached hydrogen (secondary N) is 1. The van der Waals surface area contributed by atoms with Gasteiger partial charge in [0.25, 0.3) is 5.91 Å². The molecule has 3 nitrogen and oxygen atoms in total. The highest BCUT2D eigenvalue weighted by Crippen LogP contribution is 2.28. The van der Waals surface area contributed by atoms with E-state index in [1.165, 1.54) is 25.3 Å². The fourth-order valence-corrected chi connectivity index (χ4v) is 3.25. The summed E-state index contributed by atoms with van der Waals surface area (Å²) in [6, 6.07) is 6.44. The number of carbonyl (C=O) groups excluding carboxylic acids is 1. The van der Waals surface area contributed by atoms with Gasteiger partial charge in [-0.25, -0.2) is 0 Å². The van der Waals surface area contributed by atoms with Crippen molar-refractivity contribution in [2.75, 3.05) is 6.54 Å². The van der Waals surface area contributed by atoms with E-state index >= 15 is 0 Å². The third kappa shape index (κ3) is 3.73. The van der Waals surface area contributed by atoms with Gasteiger partial charge < -0.3 is 10.4 Å². The summed E-state index contributed by atoms with van der Waals surface area (Å²) in [7, 11) is 0. The molecule has 2 unspecified atom stereocenters. The Hall–Kier alpha value is -1.03.